The first-order valence-corrected chi connectivity index (χ1v) is 30.4. The number of benzene rings is 14. The maximum Gasteiger partial charge on any atom is 0.494 e. The van der Waals surface area contributed by atoms with Gasteiger partial charge >= 0.3 is 19.1 Å². The van der Waals surface area contributed by atoms with Crippen LogP contribution >= 0.6 is 22.6 Å². The maximum absolute atomic E-state index is 12.5. The summed E-state index contributed by atoms with van der Waals surface area (Å²) in [6, 6.07) is 80.0. The average Bonchev–Trinajstić information content (AvgIpc) is 1.24. The fourth-order valence-corrected chi connectivity index (χ4v) is 13.5. The molecule has 1 fully saturated rings. The highest BCUT2D eigenvalue weighted by atomic mass is 127. The van der Waals surface area contributed by atoms with Gasteiger partial charge in [-0.25, -0.2) is 9.59 Å². The molecule has 1 saturated heterocycles. The summed E-state index contributed by atoms with van der Waals surface area (Å²) in [5, 5.41) is 24.0. The van der Waals surface area contributed by atoms with Gasteiger partial charge in [-0.05, 0) is 238 Å². The van der Waals surface area contributed by atoms with Crippen LogP contribution in [0.25, 0.3) is 141 Å². The summed E-state index contributed by atoms with van der Waals surface area (Å²) in [4.78, 5) is 23.5. The molecule has 0 N–H and O–H groups in total. The van der Waals surface area contributed by atoms with Crippen LogP contribution in [0.3, 0.4) is 0 Å². The lowest BCUT2D eigenvalue weighted by Crippen LogP contribution is -2.41. The van der Waals surface area contributed by atoms with Crippen LogP contribution in [-0.2, 0) is 18.8 Å². The van der Waals surface area contributed by atoms with Crippen molar-refractivity contribution in [1.29, 1.82) is 0 Å². The number of fused-ring (bicyclic) bond motifs is 20. The largest absolute Gasteiger partial charge is 0.494 e. The van der Waals surface area contributed by atoms with Crippen LogP contribution in [0, 0.1) is 3.57 Å². The summed E-state index contributed by atoms with van der Waals surface area (Å²) in [6.07, 6.45) is 0. The van der Waals surface area contributed by atoms with Crippen molar-refractivity contribution in [3.8, 4) is 11.1 Å². The Labute approximate surface area is 520 Å². The van der Waals surface area contributed by atoms with Gasteiger partial charge in [-0.1, -0.05) is 146 Å². The number of hydrogen-bond donors (Lipinski definition) is 0. The Morgan fingerprint density at radius 1 is 0.352 bits per heavy atom. The minimum absolute atomic E-state index is 0.282. The Morgan fingerprint density at radius 3 is 1.19 bits per heavy atom. The van der Waals surface area contributed by atoms with E-state index in [0.717, 1.165) is 64.0 Å². The molecule has 0 spiro atoms. The molecule has 1 aliphatic rings. The van der Waals surface area contributed by atoms with Crippen molar-refractivity contribution in [1.82, 2.24) is 0 Å². The van der Waals surface area contributed by atoms with Gasteiger partial charge in [0.05, 0.1) is 36.5 Å². The monoisotopic (exact) mass is 1260 g/mol. The van der Waals surface area contributed by atoms with E-state index in [1.165, 1.54) is 100 Å². The zero-order valence-electron chi connectivity index (χ0n) is 49.2. The third-order valence-corrected chi connectivity index (χ3v) is 19.0. The topological polar surface area (TPSA) is 97.3 Å². The molecule has 3 heterocycles. The van der Waals surface area contributed by atoms with Crippen molar-refractivity contribution < 1.29 is 37.2 Å². The number of methoxy groups -OCH3 is 2. The summed E-state index contributed by atoms with van der Waals surface area (Å²) in [5.41, 5.74) is 6.62. The molecule has 16 aromatic rings. The molecule has 0 aliphatic carbocycles. The van der Waals surface area contributed by atoms with Crippen molar-refractivity contribution in [2.75, 3.05) is 14.2 Å². The lowest BCUT2D eigenvalue weighted by molar-refractivity contribution is 0.00578. The molecule has 0 saturated carbocycles. The fraction of sp³-hybridized carbons (Fsp3) is 0.103. The number of ether oxygens (including phenoxy) is 2. The minimum Gasteiger partial charge on any atom is -0.465 e. The molecule has 426 valence electrons. The van der Waals surface area contributed by atoms with Crippen molar-refractivity contribution in [3.63, 3.8) is 0 Å². The van der Waals surface area contributed by atoms with Crippen molar-refractivity contribution >= 4 is 177 Å². The highest BCUT2D eigenvalue weighted by molar-refractivity contribution is 14.1. The lowest BCUT2D eigenvalue weighted by atomic mass is 9.78. The van der Waals surface area contributed by atoms with Crippen LogP contribution in [0.1, 0.15) is 48.4 Å². The summed E-state index contributed by atoms with van der Waals surface area (Å²) in [5.74, 6) is -0.630. The molecule has 0 amide bonds. The van der Waals surface area contributed by atoms with E-state index in [4.69, 9.17) is 22.9 Å². The summed E-state index contributed by atoms with van der Waals surface area (Å²) >= 11 is 2.10. The Bertz CT molecular complexity index is 5570. The Balaban J connectivity index is 0.000000126. The molecule has 0 radical (unpaired) electrons. The van der Waals surface area contributed by atoms with Crippen LogP contribution in [-0.4, -0.2) is 44.5 Å². The molecule has 2 aromatic heterocycles. The van der Waals surface area contributed by atoms with Gasteiger partial charge in [0.2, 0.25) is 0 Å². The van der Waals surface area contributed by atoms with Crippen molar-refractivity contribution in [2.24, 2.45) is 0 Å². The standard InChI is InChI=1S/C36H22O3.C34H27BO3.C8H7IO2/c1-38-36(37)27-13-7-4-10-24(27)23-14-15-34-32(18-23)33-19-30-26-12-6-5-11-25(26)28-16-21-8-2-3-9-22(21)17-29(28)31(30)20-35(33)39-34;1-33(2)34(3,4)38-35(37-33)22-13-14-31-29(17-22)30-18-27-24-12-8-7-11-23(24)25-15-20-9-5-6-10-21(20)16-26(25)28(27)19-32(30)36-31;1-11-8(10)6-4-2-3-5-7(6)9/h2-20H,1H3;5-19H,1-4H3;2-5H,1H3. The molecule has 8 nitrogen and oxygen atoms in total. The molecule has 14 aromatic carbocycles. The lowest BCUT2D eigenvalue weighted by Gasteiger charge is -2.32. The van der Waals surface area contributed by atoms with Crippen LogP contribution in [0.5, 0.6) is 0 Å². The first kappa shape index (κ1) is 55.0. The minimum atomic E-state index is -0.409. The van der Waals surface area contributed by atoms with Gasteiger partial charge in [0.25, 0.3) is 0 Å². The normalized spacial score (nSPS) is 13.8. The van der Waals surface area contributed by atoms with E-state index in [0.29, 0.717) is 11.1 Å². The SMILES string of the molecule is CC1(C)OB(c2ccc3oc4cc5c6cc7ccccc7cc6c6ccccc6c5cc4c3c2)OC1(C)C.COC(=O)c1ccccc1-c1ccc2oc3cc4c5cc6ccccc6cc5c5ccccc5c4cc3c2c1.COC(=O)c1ccccc1I. The third kappa shape index (κ3) is 9.19. The Morgan fingerprint density at radius 2 is 0.716 bits per heavy atom. The molecule has 88 heavy (non-hydrogen) atoms. The number of carbonyl (C=O) groups is 2. The van der Waals surface area contributed by atoms with E-state index in [1.807, 2.05) is 54.6 Å². The van der Waals surface area contributed by atoms with E-state index >= 15 is 0 Å². The van der Waals surface area contributed by atoms with Gasteiger partial charge in [-0.3, -0.25) is 0 Å². The van der Waals surface area contributed by atoms with Crippen LogP contribution in [0.15, 0.2) is 239 Å². The second-order valence-electron chi connectivity index (χ2n) is 23.6. The van der Waals surface area contributed by atoms with Gasteiger partial charge in [-0.15, -0.1) is 0 Å². The first-order valence-electron chi connectivity index (χ1n) is 29.4. The highest BCUT2D eigenvalue weighted by Gasteiger charge is 2.51. The van der Waals surface area contributed by atoms with Gasteiger partial charge in [0.1, 0.15) is 22.3 Å². The van der Waals surface area contributed by atoms with Crippen LogP contribution in [0.2, 0.25) is 0 Å². The summed E-state index contributed by atoms with van der Waals surface area (Å²) < 4.78 is 36.0. The maximum atomic E-state index is 12.5. The molecular weight excluding hydrogens is 1200 g/mol. The van der Waals surface area contributed by atoms with E-state index < -0.39 is 7.12 Å². The predicted molar refractivity (Wildman–Crippen MR) is 370 cm³/mol. The van der Waals surface area contributed by atoms with E-state index in [-0.39, 0.29) is 23.1 Å². The van der Waals surface area contributed by atoms with E-state index in [2.05, 4.69) is 219 Å². The average molecular weight is 1260 g/mol. The van der Waals surface area contributed by atoms with E-state index in [1.54, 1.807) is 12.1 Å². The number of esters is 2. The molecule has 0 unspecified atom stereocenters. The zero-order chi connectivity index (χ0) is 60.2. The second-order valence-corrected chi connectivity index (χ2v) is 24.8. The Kier molecular flexibility index (Phi) is 13.4. The van der Waals surface area contributed by atoms with Gasteiger partial charge in [0, 0.05) is 25.1 Å². The number of carbonyl (C=O) groups excluding carboxylic acids is 2. The molecule has 0 atom stereocenters. The van der Waals surface area contributed by atoms with Crippen molar-refractivity contribution in [3.05, 3.63) is 245 Å². The van der Waals surface area contributed by atoms with Crippen LogP contribution in [0.4, 0.5) is 0 Å². The number of furan rings is 2. The molecule has 10 heteroatoms. The third-order valence-electron chi connectivity index (χ3n) is 18.1. The van der Waals surface area contributed by atoms with Gasteiger partial charge in [-0.2, -0.15) is 0 Å². The molecule has 17 rings (SSSR count). The highest BCUT2D eigenvalue weighted by Crippen LogP contribution is 2.45. The first-order chi connectivity index (χ1) is 42.7. The second kappa shape index (κ2) is 21.4. The molecular formula is C78H56BIO8. The molecule has 1 aliphatic heterocycles. The smallest absolute Gasteiger partial charge is 0.465 e. The Hall–Kier alpha value is -9.59. The number of rotatable bonds is 4. The number of halogens is 1. The summed E-state index contributed by atoms with van der Waals surface area (Å²) in [6.45, 7) is 8.35. The predicted octanol–water partition coefficient (Wildman–Crippen LogP) is 20.2. The fourth-order valence-electron chi connectivity index (χ4n) is 12.9. The van der Waals surface area contributed by atoms with Gasteiger partial charge < -0.3 is 27.6 Å². The van der Waals surface area contributed by atoms with Crippen molar-refractivity contribution in [2.45, 2.75) is 38.9 Å². The summed E-state index contributed by atoms with van der Waals surface area (Å²) in [7, 11) is 2.38. The number of hydrogen-bond acceptors (Lipinski definition) is 8. The zero-order valence-corrected chi connectivity index (χ0v) is 51.3. The van der Waals surface area contributed by atoms with E-state index in [9.17, 15) is 9.59 Å². The van der Waals surface area contributed by atoms with Gasteiger partial charge in [0.15, 0.2) is 0 Å². The quantitative estimate of drug-likeness (QED) is 0.0565. The van der Waals surface area contributed by atoms with Crippen LogP contribution < -0.4 is 5.46 Å². The molecule has 0 bridgehead atoms.